The van der Waals surface area contributed by atoms with Crippen LogP contribution in [0.1, 0.15) is 31.7 Å². The van der Waals surface area contributed by atoms with E-state index >= 15 is 0 Å². The van der Waals surface area contributed by atoms with Gasteiger partial charge in [-0.1, -0.05) is 56.7 Å². The largest absolute Gasteiger partial charge is 0.494 e. The summed E-state index contributed by atoms with van der Waals surface area (Å²) in [6.07, 6.45) is 5.38. The molecule has 0 amide bonds. The van der Waals surface area contributed by atoms with Crippen LogP contribution < -0.4 is 4.74 Å². The number of carbonyl (C=O) groups is 1. The first-order valence-corrected chi connectivity index (χ1v) is 8.72. The quantitative estimate of drug-likeness (QED) is 0.412. The molecular weight excluding hydrogens is 331 g/mol. The third-order valence-electron chi connectivity index (χ3n) is 3.88. The monoisotopic (exact) mass is 358 g/mol. The van der Waals surface area contributed by atoms with Crippen LogP contribution in [0.25, 0.3) is 11.1 Å². The van der Waals surface area contributed by atoms with Gasteiger partial charge in [0.2, 0.25) is 0 Å². The number of methoxy groups -OCH3 is 1. The minimum atomic E-state index is -0.322. The molecule has 0 aromatic heterocycles. The van der Waals surface area contributed by atoms with Crippen LogP contribution in [0, 0.1) is 5.82 Å². The van der Waals surface area contributed by atoms with E-state index in [-0.39, 0.29) is 23.7 Å². The molecule has 0 aliphatic heterocycles. The standard InChI is InChI=1S/C18H21FO.C4H6O2/c1-3-4-5-6-14-7-9-15(10-8-14)16-11-12-18(20-2)17(19)13-16;1-4(2-5)3-6/h7-13H,3-6H2,1-2H3;2,6H,1,3H2. The van der Waals surface area contributed by atoms with Crippen molar-refractivity contribution >= 4 is 6.29 Å². The Balaban J connectivity index is 0.000000487. The first-order chi connectivity index (χ1) is 12.5. The van der Waals surface area contributed by atoms with Gasteiger partial charge in [0.1, 0.15) is 6.29 Å². The summed E-state index contributed by atoms with van der Waals surface area (Å²) < 4.78 is 18.6. The van der Waals surface area contributed by atoms with E-state index < -0.39 is 0 Å². The van der Waals surface area contributed by atoms with E-state index in [1.165, 1.54) is 38.0 Å². The lowest BCUT2D eigenvalue weighted by atomic mass is 10.0. The number of benzene rings is 2. The highest BCUT2D eigenvalue weighted by Crippen LogP contribution is 2.26. The Labute approximate surface area is 155 Å². The SMILES string of the molecule is C=C(C=O)CO.CCCCCc1ccc(-c2ccc(OC)c(F)c2)cc1. The molecule has 4 heteroatoms. The molecule has 1 N–H and O–H groups in total. The average Bonchev–Trinajstić information content (AvgIpc) is 2.68. The Kier molecular flexibility index (Phi) is 9.95. The molecule has 2 aromatic rings. The summed E-state index contributed by atoms with van der Waals surface area (Å²) in [5.74, 6) is -0.0399. The number of aliphatic hydroxyl groups excluding tert-OH is 1. The molecule has 0 aliphatic rings. The summed E-state index contributed by atoms with van der Waals surface area (Å²) in [7, 11) is 1.48. The Hall–Kier alpha value is -2.46. The fourth-order valence-electron chi connectivity index (χ4n) is 2.33. The topological polar surface area (TPSA) is 46.5 Å². The highest BCUT2D eigenvalue weighted by atomic mass is 19.1. The van der Waals surface area contributed by atoms with Gasteiger partial charge < -0.3 is 9.84 Å². The fourth-order valence-corrected chi connectivity index (χ4v) is 2.33. The number of unbranched alkanes of at least 4 members (excludes halogenated alkanes) is 2. The Bertz CT molecular complexity index is 693. The van der Waals surface area contributed by atoms with Crippen LogP contribution in [0.2, 0.25) is 0 Å². The highest BCUT2D eigenvalue weighted by molar-refractivity contribution is 5.72. The molecule has 0 atom stereocenters. The van der Waals surface area contributed by atoms with Crippen LogP contribution in [-0.4, -0.2) is 25.1 Å². The van der Waals surface area contributed by atoms with Gasteiger partial charge in [-0.15, -0.1) is 0 Å². The maximum atomic E-state index is 13.7. The van der Waals surface area contributed by atoms with Crippen molar-refractivity contribution in [2.75, 3.05) is 13.7 Å². The van der Waals surface area contributed by atoms with Gasteiger partial charge in [-0.2, -0.15) is 0 Å². The van der Waals surface area contributed by atoms with Crippen LogP contribution in [0.5, 0.6) is 5.75 Å². The van der Waals surface area contributed by atoms with Crippen molar-refractivity contribution < 1.29 is 19.0 Å². The summed E-state index contributed by atoms with van der Waals surface area (Å²) in [5.41, 5.74) is 3.47. The van der Waals surface area contributed by atoms with Crippen molar-refractivity contribution in [3.05, 3.63) is 66.0 Å². The van der Waals surface area contributed by atoms with E-state index in [4.69, 9.17) is 9.84 Å². The zero-order valence-electron chi connectivity index (χ0n) is 15.5. The molecule has 0 unspecified atom stereocenters. The maximum absolute atomic E-state index is 13.7. The molecule has 0 spiro atoms. The molecule has 0 bridgehead atoms. The van der Waals surface area contributed by atoms with Gasteiger partial charge in [0, 0.05) is 5.57 Å². The van der Waals surface area contributed by atoms with Crippen molar-refractivity contribution in [3.8, 4) is 16.9 Å². The molecule has 0 fully saturated rings. The maximum Gasteiger partial charge on any atom is 0.165 e. The summed E-state index contributed by atoms with van der Waals surface area (Å²) in [5, 5.41) is 8.00. The molecule has 0 aliphatic carbocycles. The van der Waals surface area contributed by atoms with Gasteiger partial charge in [0.15, 0.2) is 11.6 Å². The van der Waals surface area contributed by atoms with Crippen LogP contribution in [0.4, 0.5) is 4.39 Å². The second kappa shape index (κ2) is 12.0. The Morgan fingerprint density at radius 2 is 1.81 bits per heavy atom. The number of ether oxygens (including phenoxy) is 1. The second-order valence-electron chi connectivity index (χ2n) is 5.94. The summed E-state index contributed by atoms with van der Waals surface area (Å²) in [4.78, 5) is 9.48. The average molecular weight is 358 g/mol. The predicted molar refractivity (Wildman–Crippen MR) is 104 cm³/mol. The van der Waals surface area contributed by atoms with E-state index in [1.54, 1.807) is 6.07 Å². The summed E-state index contributed by atoms with van der Waals surface area (Å²) in [6, 6.07) is 13.4. The van der Waals surface area contributed by atoms with Crippen LogP contribution in [0.15, 0.2) is 54.6 Å². The van der Waals surface area contributed by atoms with E-state index in [2.05, 4.69) is 37.8 Å². The van der Waals surface area contributed by atoms with Crippen molar-refractivity contribution in [1.29, 1.82) is 0 Å². The molecule has 2 rings (SSSR count). The Morgan fingerprint density at radius 1 is 1.15 bits per heavy atom. The van der Waals surface area contributed by atoms with Gasteiger partial charge in [0.25, 0.3) is 0 Å². The number of rotatable bonds is 8. The number of halogens is 1. The van der Waals surface area contributed by atoms with Crippen LogP contribution in [0.3, 0.4) is 0 Å². The van der Waals surface area contributed by atoms with Crippen molar-refractivity contribution in [1.82, 2.24) is 0 Å². The fraction of sp³-hybridized carbons (Fsp3) is 0.318. The van der Waals surface area contributed by atoms with Gasteiger partial charge in [0.05, 0.1) is 13.7 Å². The molecule has 0 heterocycles. The van der Waals surface area contributed by atoms with Crippen molar-refractivity contribution in [2.45, 2.75) is 32.6 Å². The van der Waals surface area contributed by atoms with E-state index in [0.29, 0.717) is 6.29 Å². The van der Waals surface area contributed by atoms with Crippen molar-refractivity contribution in [3.63, 3.8) is 0 Å². The van der Waals surface area contributed by atoms with E-state index in [9.17, 15) is 9.18 Å². The lowest BCUT2D eigenvalue weighted by molar-refractivity contribution is -0.105. The van der Waals surface area contributed by atoms with Crippen LogP contribution >= 0.6 is 0 Å². The first-order valence-electron chi connectivity index (χ1n) is 8.72. The molecule has 0 saturated carbocycles. The van der Waals surface area contributed by atoms with Gasteiger partial charge in [-0.25, -0.2) is 4.39 Å². The van der Waals surface area contributed by atoms with Gasteiger partial charge in [-0.3, -0.25) is 4.79 Å². The Morgan fingerprint density at radius 3 is 2.27 bits per heavy atom. The second-order valence-corrected chi connectivity index (χ2v) is 5.94. The third kappa shape index (κ3) is 7.19. The first kappa shape index (κ1) is 21.6. The minimum absolute atomic E-state index is 0.218. The van der Waals surface area contributed by atoms with E-state index in [0.717, 1.165) is 17.5 Å². The van der Waals surface area contributed by atoms with Crippen LogP contribution in [-0.2, 0) is 11.2 Å². The van der Waals surface area contributed by atoms with Crippen molar-refractivity contribution in [2.24, 2.45) is 0 Å². The smallest absolute Gasteiger partial charge is 0.165 e. The number of carbonyl (C=O) groups excluding carboxylic acids is 1. The number of aryl methyl sites for hydroxylation is 1. The number of aldehydes is 1. The van der Waals surface area contributed by atoms with E-state index in [1.807, 2.05) is 6.07 Å². The third-order valence-corrected chi connectivity index (χ3v) is 3.88. The molecule has 0 saturated heterocycles. The van der Waals surface area contributed by atoms with Gasteiger partial charge >= 0.3 is 0 Å². The number of hydrogen-bond donors (Lipinski definition) is 1. The normalized spacial score (nSPS) is 9.85. The van der Waals surface area contributed by atoms with Gasteiger partial charge in [-0.05, 0) is 41.7 Å². The lowest BCUT2D eigenvalue weighted by Crippen LogP contribution is -1.89. The molecular formula is C22H27FO3. The molecule has 2 aromatic carbocycles. The predicted octanol–water partition coefficient (Wildman–Crippen LogP) is 4.97. The molecule has 26 heavy (non-hydrogen) atoms. The lowest BCUT2D eigenvalue weighted by Gasteiger charge is -2.07. The molecule has 3 nitrogen and oxygen atoms in total. The summed E-state index contributed by atoms with van der Waals surface area (Å²) >= 11 is 0. The summed E-state index contributed by atoms with van der Waals surface area (Å²) in [6.45, 7) is 5.15. The zero-order chi connectivity index (χ0) is 19.4. The minimum Gasteiger partial charge on any atom is -0.494 e. The zero-order valence-corrected chi connectivity index (χ0v) is 15.5. The molecule has 140 valence electrons. The molecule has 0 radical (unpaired) electrons. The number of hydrogen-bond acceptors (Lipinski definition) is 3. The number of aliphatic hydroxyl groups is 1. The highest BCUT2D eigenvalue weighted by Gasteiger charge is 2.05.